The molecule has 1 amide bonds. The number of carbonyl (C=O) groups is 2. The standard InChI is InChI=1S/C44H55NO11Si/c1-6-49-42(46)38-40(51-28-31-18-12-10-13-19-31)33-23-24-34(30(5)39(33)55-43(38)47)53-35-26-45(44(48)52-29-32-20-14-11-15-21-32)27-36(56-57(7-2,8-3)9-4)41(35)54-37-22-16-17-25-50-37/h10-15,18-21,23-24,35-37,41H,6-9,16-17,22,25-29H2,1-5H3/t35-,36-,37?,41+/m1/s1. The van der Waals surface area contributed by atoms with Crippen LogP contribution >= 0.6 is 0 Å². The summed E-state index contributed by atoms with van der Waals surface area (Å²) in [6.45, 7) is 11.2. The normalized spacial score (nSPS) is 19.9. The second kappa shape index (κ2) is 19.6. The van der Waals surface area contributed by atoms with Gasteiger partial charge in [0.1, 0.15) is 36.8 Å². The first-order valence-corrected chi connectivity index (χ1v) is 22.7. The number of fused-ring (bicyclic) bond motifs is 1. The number of ether oxygens (including phenoxy) is 6. The van der Waals surface area contributed by atoms with Crippen molar-refractivity contribution in [3.8, 4) is 11.5 Å². The van der Waals surface area contributed by atoms with Crippen LogP contribution in [0.2, 0.25) is 18.1 Å². The SMILES string of the molecule is CCOC(=O)c1c(OCc2ccccc2)c2ccc(O[C@@H]3CN(C(=O)OCc4ccccc4)C[C@@H](O[Si](CC)(CC)CC)[C@H]3OC3CCCCO3)c(C)c2oc1=O. The Morgan fingerprint density at radius 3 is 2.12 bits per heavy atom. The van der Waals surface area contributed by atoms with Gasteiger partial charge in [-0.05, 0) is 74.5 Å². The predicted octanol–water partition coefficient (Wildman–Crippen LogP) is 8.56. The van der Waals surface area contributed by atoms with Crippen LogP contribution in [0, 0.1) is 6.92 Å². The van der Waals surface area contributed by atoms with Crippen LogP contribution < -0.4 is 15.1 Å². The molecular weight excluding hydrogens is 747 g/mol. The van der Waals surface area contributed by atoms with E-state index in [0.29, 0.717) is 23.3 Å². The lowest BCUT2D eigenvalue weighted by molar-refractivity contribution is -0.232. The molecule has 13 heteroatoms. The van der Waals surface area contributed by atoms with Crippen LogP contribution in [0.4, 0.5) is 4.79 Å². The molecule has 0 saturated carbocycles. The van der Waals surface area contributed by atoms with Crippen LogP contribution in [0.3, 0.4) is 0 Å². The number of benzene rings is 3. The molecule has 0 radical (unpaired) electrons. The zero-order valence-corrected chi connectivity index (χ0v) is 34.7. The minimum absolute atomic E-state index is 0.0623. The van der Waals surface area contributed by atoms with Crippen LogP contribution in [-0.4, -0.2) is 76.2 Å². The Bertz CT molecular complexity index is 1990. The summed E-state index contributed by atoms with van der Waals surface area (Å²) in [6.07, 6.45) is -0.168. The minimum Gasteiger partial charge on any atom is -0.487 e. The largest absolute Gasteiger partial charge is 0.487 e. The summed E-state index contributed by atoms with van der Waals surface area (Å²) in [5, 5.41) is 0.405. The second-order valence-electron chi connectivity index (χ2n) is 14.6. The van der Waals surface area contributed by atoms with Gasteiger partial charge >= 0.3 is 17.7 Å². The Balaban J connectivity index is 1.38. The number of aryl methyl sites for hydroxylation is 1. The first-order valence-electron chi connectivity index (χ1n) is 20.2. The van der Waals surface area contributed by atoms with Crippen molar-refractivity contribution in [3.05, 3.63) is 105 Å². The van der Waals surface area contributed by atoms with Crippen molar-refractivity contribution in [1.29, 1.82) is 0 Å². The highest BCUT2D eigenvalue weighted by Crippen LogP contribution is 2.37. The molecule has 57 heavy (non-hydrogen) atoms. The lowest BCUT2D eigenvalue weighted by Gasteiger charge is -2.46. The van der Waals surface area contributed by atoms with E-state index in [9.17, 15) is 14.4 Å². The fourth-order valence-corrected chi connectivity index (χ4v) is 10.4. The van der Waals surface area contributed by atoms with E-state index in [-0.39, 0.29) is 49.8 Å². The smallest absolute Gasteiger partial charge is 0.410 e. The molecule has 12 nitrogen and oxygen atoms in total. The summed E-state index contributed by atoms with van der Waals surface area (Å²) in [4.78, 5) is 42.1. The van der Waals surface area contributed by atoms with E-state index in [2.05, 4.69) is 20.8 Å². The van der Waals surface area contributed by atoms with E-state index in [1.807, 2.05) is 60.7 Å². The average Bonchev–Trinajstić information content (AvgIpc) is 3.24. The number of amides is 1. The third-order valence-corrected chi connectivity index (χ3v) is 15.7. The van der Waals surface area contributed by atoms with E-state index in [4.69, 9.17) is 37.3 Å². The van der Waals surface area contributed by atoms with Crippen molar-refractivity contribution in [1.82, 2.24) is 4.90 Å². The van der Waals surface area contributed by atoms with Gasteiger partial charge in [0, 0.05) is 12.2 Å². The van der Waals surface area contributed by atoms with Gasteiger partial charge in [-0.25, -0.2) is 14.4 Å². The Labute approximate surface area is 335 Å². The lowest BCUT2D eigenvalue weighted by Crippen LogP contribution is -2.63. The van der Waals surface area contributed by atoms with E-state index < -0.39 is 50.6 Å². The van der Waals surface area contributed by atoms with Gasteiger partial charge in [0.2, 0.25) is 0 Å². The van der Waals surface area contributed by atoms with Gasteiger partial charge in [-0.15, -0.1) is 0 Å². The quantitative estimate of drug-likeness (QED) is 0.0613. The Morgan fingerprint density at radius 2 is 1.49 bits per heavy atom. The number of piperidine rings is 1. The molecule has 0 N–H and O–H groups in total. The van der Waals surface area contributed by atoms with Crippen LogP contribution in [0.1, 0.15) is 74.0 Å². The van der Waals surface area contributed by atoms with E-state index in [1.165, 1.54) is 0 Å². The van der Waals surface area contributed by atoms with Gasteiger partial charge in [-0.2, -0.15) is 0 Å². The number of hydrogen-bond acceptors (Lipinski definition) is 11. The summed E-state index contributed by atoms with van der Waals surface area (Å²) >= 11 is 0. The summed E-state index contributed by atoms with van der Waals surface area (Å²) < 4.78 is 50.0. The lowest BCUT2D eigenvalue weighted by atomic mass is 10.0. The number of nitrogens with zero attached hydrogens (tertiary/aromatic N) is 1. The maximum absolute atomic E-state index is 13.8. The van der Waals surface area contributed by atoms with Gasteiger partial charge < -0.3 is 42.2 Å². The number of carbonyl (C=O) groups excluding carboxylic acids is 2. The summed E-state index contributed by atoms with van der Waals surface area (Å²) in [5.74, 6) is -0.375. The van der Waals surface area contributed by atoms with Crippen molar-refractivity contribution >= 4 is 31.3 Å². The zero-order chi connectivity index (χ0) is 40.4. The van der Waals surface area contributed by atoms with E-state index in [0.717, 1.165) is 48.5 Å². The minimum atomic E-state index is -2.24. The highest BCUT2D eigenvalue weighted by molar-refractivity contribution is 6.73. The molecule has 0 aliphatic carbocycles. The molecule has 2 fully saturated rings. The van der Waals surface area contributed by atoms with Crippen LogP contribution in [0.25, 0.3) is 11.0 Å². The van der Waals surface area contributed by atoms with Gasteiger partial charge in [-0.3, -0.25) is 0 Å². The molecule has 0 bridgehead atoms. The highest BCUT2D eigenvalue weighted by atomic mass is 28.4. The molecule has 6 rings (SSSR count). The molecule has 2 aliphatic heterocycles. The van der Waals surface area contributed by atoms with Gasteiger partial charge in [0.25, 0.3) is 0 Å². The Kier molecular flexibility index (Phi) is 14.4. The number of likely N-dealkylation sites (tertiary alicyclic amines) is 1. The van der Waals surface area contributed by atoms with Crippen molar-refractivity contribution in [2.45, 2.75) is 110 Å². The Morgan fingerprint density at radius 1 is 0.825 bits per heavy atom. The molecular formula is C44H55NO11Si. The molecule has 3 aromatic carbocycles. The Hall–Kier alpha value is -4.69. The monoisotopic (exact) mass is 801 g/mol. The van der Waals surface area contributed by atoms with Gasteiger partial charge in [-0.1, -0.05) is 81.4 Å². The van der Waals surface area contributed by atoms with Crippen molar-refractivity contribution < 1.29 is 46.9 Å². The molecule has 1 aromatic heterocycles. The summed E-state index contributed by atoms with van der Waals surface area (Å²) in [6, 6.07) is 25.1. The van der Waals surface area contributed by atoms with Crippen molar-refractivity contribution in [2.75, 3.05) is 26.3 Å². The van der Waals surface area contributed by atoms with Crippen LogP contribution in [0.15, 0.2) is 82.0 Å². The van der Waals surface area contributed by atoms with Crippen LogP contribution in [0.5, 0.6) is 11.5 Å². The third-order valence-electron chi connectivity index (χ3n) is 11.0. The first-order chi connectivity index (χ1) is 27.7. The summed E-state index contributed by atoms with van der Waals surface area (Å²) in [7, 11) is -2.24. The molecule has 0 spiro atoms. The molecule has 1 unspecified atom stereocenters. The predicted molar refractivity (Wildman–Crippen MR) is 217 cm³/mol. The molecule has 306 valence electrons. The van der Waals surface area contributed by atoms with Gasteiger partial charge in [0.05, 0.1) is 31.2 Å². The summed E-state index contributed by atoms with van der Waals surface area (Å²) in [5.41, 5.74) is 1.21. The van der Waals surface area contributed by atoms with Gasteiger partial charge in [0.15, 0.2) is 25.9 Å². The van der Waals surface area contributed by atoms with E-state index in [1.54, 1.807) is 30.9 Å². The highest BCUT2D eigenvalue weighted by Gasteiger charge is 2.47. The average molecular weight is 802 g/mol. The third kappa shape index (κ3) is 10.1. The molecule has 3 heterocycles. The molecule has 2 saturated heterocycles. The van der Waals surface area contributed by atoms with Crippen LogP contribution in [-0.2, 0) is 36.6 Å². The molecule has 4 aromatic rings. The van der Waals surface area contributed by atoms with E-state index >= 15 is 0 Å². The van der Waals surface area contributed by atoms with Crippen molar-refractivity contribution in [3.63, 3.8) is 0 Å². The molecule has 2 aliphatic rings. The fraction of sp³-hybridized carbons (Fsp3) is 0.477. The second-order valence-corrected chi connectivity index (χ2v) is 19.3. The topological polar surface area (TPSA) is 132 Å². The molecule has 4 atom stereocenters. The zero-order valence-electron chi connectivity index (χ0n) is 33.7. The maximum Gasteiger partial charge on any atom is 0.410 e. The number of esters is 1. The first kappa shape index (κ1) is 41.9. The maximum atomic E-state index is 13.8. The fourth-order valence-electron chi connectivity index (χ4n) is 7.52. The number of hydrogen-bond donors (Lipinski definition) is 0. The number of rotatable bonds is 16. The van der Waals surface area contributed by atoms with Crippen molar-refractivity contribution in [2.24, 2.45) is 0 Å².